The zero-order valence-electron chi connectivity index (χ0n) is 20.3. The molecule has 3 aromatic carbocycles. The molecule has 0 aliphatic heterocycles. The summed E-state index contributed by atoms with van der Waals surface area (Å²) in [6.07, 6.45) is 0. The van der Waals surface area contributed by atoms with E-state index in [4.69, 9.17) is 23.2 Å². The highest BCUT2D eigenvalue weighted by Crippen LogP contribution is 2.35. The van der Waals surface area contributed by atoms with Gasteiger partial charge in [0.25, 0.3) is 5.91 Å². The van der Waals surface area contributed by atoms with Crippen molar-refractivity contribution in [3.05, 3.63) is 81.3 Å². The summed E-state index contributed by atoms with van der Waals surface area (Å²) >= 11 is 12.7. The quantitative estimate of drug-likeness (QED) is 0.301. The first kappa shape index (κ1) is 24.3. The van der Waals surface area contributed by atoms with Crippen LogP contribution in [0.4, 0.5) is 5.69 Å². The van der Waals surface area contributed by atoms with Crippen molar-refractivity contribution in [3.63, 3.8) is 0 Å². The van der Waals surface area contributed by atoms with E-state index in [9.17, 15) is 4.79 Å². The Labute approximate surface area is 210 Å². The Kier molecular flexibility index (Phi) is 6.26. The summed E-state index contributed by atoms with van der Waals surface area (Å²) in [6.45, 7) is 13.1. The molecule has 1 aromatic heterocycles. The van der Waals surface area contributed by atoms with Crippen molar-refractivity contribution in [2.45, 2.75) is 52.4 Å². The van der Waals surface area contributed by atoms with Crippen LogP contribution < -0.4 is 5.32 Å². The van der Waals surface area contributed by atoms with Crippen molar-refractivity contribution in [2.75, 3.05) is 5.32 Å². The fourth-order valence-corrected chi connectivity index (χ4v) is 4.34. The van der Waals surface area contributed by atoms with Crippen LogP contribution in [0.25, 0.3) is 22.4 Å². The van der Waals surface area contributed by atoms with E-state index < -0.39 is 0 Å². The van der Waals surface area contributed by atoms with E-state index in [2.05, 4.69) is 75.0 Å². The summed E-state index contributed by atoms with van der Waals surface area (Å²) in [7, 11) is 0. The average molecular weight is 494 g/mol. The third-order valence-corrected chi connectivity index (χ3v) is 6.50. The number of nitrogens with zero attached hydrogens (tertiary/aromatic N) is 1. The largest absolute Gasteiger partial charge is 0.338 e. The molecular formula is C28H29Cl2N3O. The molecule has 4 nitrogen and oxygen atoms in total. The van der Waals surface area contributed by atoms with Crippen molar-refractivity contribution in [3.8, 4) is 11.4 Å². The number of carbonyl (C=O) groups excluding carboxylic acids is 1. The molecular weight excluding hydrogens is 465 g/mol. The van der Waals surface area contributed by atoms with Gasteiger partial charge in [0.15, 0.2) is 0 Å². The van der Waals surface area contributed by atoms with Gasteiger partial charge in [-0.15, -0.1) is 0 Å². The molecule has 4 rings (SSSR count). The number of aromatic nitrogens is 2. The van der Waals surface area contributed by atoms with Gasteiger partial charge in [-0.05, 0) is 64.4 Å². The standard InChI is InChI=1S/C28H29Cl2N3O/c1-27(2,3)17-13-18(28(4,5)6)15-19(14-17)31-26(34)16-10-11-22-23(12-16)33-25(32-22)24-20(29)8-7-9-21(24)30/h7-15H,1-6H3,(H,31,34)(H,32,33). The SMILES string of the molecule is CC(C)(C)c1cc(NC(=O)c2ccc3nc(-c4c(Cl)cccc4Cl)[nH]c3c2)cc(C(C)(C)C)c1. The van der Waals surface area contributed by atoms with Gasteiger partial charge in [0.2, 0.25) is 0 Å². The van der Waals surface area contributed by atoms with Gasteiger partial charge in [-0.25, -0.2) is 4.98 Å². The third-order valence-electron chi connectivity index (χ3n) is 5.87. The molecule has 176 valence electrons. The molecule has 34 heavy (non-hydrogen) atoms. The monoisotopic (exact) mass is 493 g/mol. The number of amides is 1. The number of hydrogen-bond donors (Lipinski definition) is 2. The molecule has 4 aromatic rings. The van der Waals surface area contributed by atoms with Crippen LogP contribution in [0.3, 0.4) is 0 Å². The number of hydrogen-bond acceptors (Lipinski definition) is 2. The second-order valence-electron chi connectivity index (χ2n) is 10.7. The lowest BCUT2D eigenvalue weighted by Crippen LogP contribution is -2.18. The highest BCUT2D eigenvalue weighted by molar-refractivity contribution is 6.39. The maximum Gasteiger partial charge on any atom is 0.255 e. The number of imidazole rings is 1. The van der Waals surface area contributed by atoms with E-state index >= 15 is 0 Å². The van der Waals surface area contributed by atoms with Gasteiger partial charge < -0.3 is 10.3 Å². The summed E-state index contributed by atoms with van der Waals surface area (Å²) < 4.78 is 0. The predicted octanol–water partition coefficient (Wildman–Crippen LogP) is 8.38. The normalized spacial score (nSPS) is 12.2. The van der Waals surface area contributed by atoms with Crippen molar-refractivity contribution in [2.24, 2.45) is 0 Å². The molecule has 1 heterocycles. The molecule has 2 N–H and O–H groups in total. The molecule has 0 bridgehead atoms. The number of nitrogens with one attached hydrogen (secondary N) is 2. The van der Waals surface area contributed by atoms with Gasteiger partial charge in [-0.1, -0.05) is 76.9 Å². The van der Waals surface area contributed by atoms with Gasteiger partial charge in [0, 0.05) is 11.3 Å². The molecule has 0 fully saturated rings. The molecule has 1 amide bonds. The summed E-state index contributed by atoms with van der Waals surface area (Å²) in [5.74, 6) is 0.385. The maximum atomic E-state index is 13.2. The van der Waals surface area contributed by atoms with Crippen molar-refractivity contribution >= 4 is 45.8 Å². The summed E-state index contributed by atoms with van der Waals surface area (Å²) in [4.78, 5) is 21.0. The maximum absolute atomic E-state index is 13.2. The van der Waals surface area contributed by atoms with Gasteiger partial charge in [-0.3, -0.25) is 4.79 Å². The predicted molar refractivity (Wildman–Crippen MR) is 143 cm³/mol. The van der Waals surface area contributed by atoms with Crippen molar-refractivity contribution < 1.29 is 4.79 Å². The number of anilines is 1. The Morgan fingerprint density at radius 1 is 0.853 bits per heavy atom. The molecule has 0 radical (unpaired) electrons. The molecule has 6 heteroatoms. The minimum Gasteiger partial charge on any atom is -0.338 e. The Bertz CT molecular complexity index is 1340. The van der Waals surface area contributed by atoms with Crippen LogP contribution in [0, 0.1) is 0 Å². The Balaban J connectivity index is 1.67. The third kappa shape index (κ3) is 4.98. The molecule has 0 aliphatic carbocycles. The number of benzene rings is 3. The van der Waals surface area contributed by atoms with Crippen LogP contribution in [0.15, 0.2) is 54.6 Å². The van der Waals surface area contributed by atoms with Crippen LogP contribution in [0.5, 0.6) is 0 Å². The Morgan fingerprint density at radius 2 is 1.44 bits per heavy atom. The van der Waals surface area contributed by atoms with E-state index in [1.54, 1.807) is 30.3 Å². The number of halogens is 2. The highest BCUT2D eigenvalue weighted by Gasteiger charge is 2.21. The van der Waals surface area contributed by atoms with E-state index in [-0.39, 0.29) is 16.7 Å². The summed E-state index contributed by atoms with van der Waals surface area (Å²) in [5.41, 5.74) is 5.72. The number of aromatic amines is 1. The summed E-state index contributed by atoms with van der Waals surface area (Å²) in [6, 6.07) is 17.1. The van der Waals surface area contributed by atoms with Crippen LogP contribution in [-0.4, -0.2) is 15.9 Å². The smallest absolute Gasteiger partial charge is 0.255 e. The molecule has 0 saturated carbocycles. The van der Waals surface area contributed by atoms with Gasteiger partial charge in [-0.2, -0.15) is 0 Å². The van der Waals surface area contributed by atoms with Gasteiger partial charge >= 0.3 is 0 Å². The minimum absolute atomic E-state index is 0.0358. The lowest BCUT2D eigenvalue weighted by molar-refractivity contribution is 0.102. The van der Waals surface area contributed by atoms with E-state index in [1.807, 2.05) is 6.07 Å². The highest BCUT2D eigenvalue weighted by atomic mass is 35.5. The molecule has 0 atom stereocenters. The fourth-order valence-electron chi connectivity index (χ4n) is 3.76. The zero-order valence-corrected chi connectivity index (χ0v) is 21.8. The van der Waals surface area contributed by atoms with Crippen LogP contribution in [-0.2, 0) is 10.8 Å². The van der Waals surface area contributed by atoms with Crippen LogP contribution in [0.1, 0.15) is 63.0 Å². The van der Waals surface area contributed by atoms with Crippen molar-refractivity contribution in [1.29, 1.82) is 0 Å². The molecule has 0 saturated heterocycles. The minimum atomic E-state index is -0.181. The Hall–Kier alpha value is -2.82. The lowest BCUT2D eigenvalue weighted by atomic mass is 9.80. The zero-order chi connectivity index (χ0) is 24.8. The molecule has 0 aliphatic rings. The van der Waals surface area contributed by atoms with Gasteiger partial charge in [0.1, 0.15) is 5.82 Å². The van der Waals surface area contributed by atoms with Crippen molar-refractivity contribution in [1.82, 2.24) is 9.97 Å². The number of rotatable bonds is 3. The summed E-state index contributed by atoms with van der Waals surface area (Å²) in [5, 5.41) is 4.11. The van der Waals surface area contributed by atoms with E-state index in [1.165, 1.54) is 11.1 Å². The van der Waals surface area contributed by atoms with E-state index in [0.717, 1.165) is 16.7 Å². The van der Waals surface area contributed by atoms with E-state index in [0.29, 0.717) is 27.0 Å². The second kappa shape index (κ2) is 8.75. The van der Waals surface area contributed by atoms with Gasteiger partial charge in [0.05, 0.1) is 26.6 Å². The Morgan fingerprint density at radius 3 is 2.00 bits per heavy atom. The average Bonchev–Trinajstić information content (AvgIpc) is 3.14. The second-order valence-corrected chi connectivity index (χ2v) is 11.5. The fraction of sp³-hybridized carbons (Fsp3) is 0.286. The number of fused-ring (bicyclic) bond motifs is 1. The first-order valence-corrected chi connectivity index (χ1v) is 12.0. The first-order valence-electron chi connectivity index (χ1n) is 11.2. The molecule has 0 spiro atoms. The number of H-pyrrole nitrogens is 1. The topological polar surface area (TPSA) is 57.8 Å². The van der Waals surface area contributed by atoms with Crippen LogP contribution >= 0.6 is 23.2 Å². The first-order chi connectivity index (χ1) is 15.8. The lowest BCUT2D eigenvalue weighted by Gasteiger charge is -2.26. The molecule has 0 unspecified atom stereocenters. The number of carbonyl (C=O) groups is 1. The van der Waals surface area contributed by atoms with Crippen LogP contribution in [0.2, 0.25) is 10.0 Å².